The summed E-state index contributed by atoms with van der Waals surface area (Å²) in [5.41, 5.74) is 4.99. The van der Waals surface area contributed by atoms with Crippen molar-refractivity contribution in [2.45, 2.75) is 45.1 Å². The molecule has 0 saturated heterocycles. The number of anilines is 2. The lowest BCUT2D eigenvalue weighted by Crippen LogP contribution is -2.38. The van der Waals surface area contributed by atoms with Gasteiger partial charge in [0.25, 0.3) is 0 Å². The van der Waals surface area contributed by atoms with Gasteiger partial charge in [-0.1, -0.05) is 49.4 Å². The molecule has 190 valence electrons. The molecule has 3 aromatic rings. The van der Waals surface area contributed by atoms with Gasteiger partial charge in [-0.25, -0.2) is 0 Å². The van der Waals surface area contributed by atoms with Gasteiger partial charge in [-0.3, -0.25) is 14.5 Å². The van der Waals surface area contributed by atoms with E-state index in [1.165, 1.54) is 0 Å². The topological polar surface area (TPSA) is 67.9 Å². The summed E-state index contributed by atoms with van der Waals surface area (Å²) in [5, 5.41) is 3.57. The maximum absolute atomic E-state index is 14.0. The van der Waals surface area contributed by atoms with E-state index in [4.69, 9.17) is 9.47 Å². The number of carbonyl (C=O) groups is 2. The molecule has 0 spiro atoms. The highest BCUT2D eigenvalue weighted by atomic mass is 16.5. The molecule has 6 nitrogen and oxygen atoms in total. The third kappa shape index (κ3) is 4.59. The molecule has 0 fully saturated rings. The first kappa shape index (κ1) is 24.6. The number of Topliss-reactive ketones (excluding diaryl/α,β-unsaturated/α-hetero) is 1. The average molecular weight is 497 g/mol. The largest absolute Gasteiger partial charge is 0.497 e. The fourth-order valence-corrected chi connectivity index (χ4v) is 5.46. The van der Waals surface area contributed by atoms with Crippen molar-refractivity contribution in [1.82, 2.24) is 0 Å². The second-order valence-electron chi connectivity index (χ2n) is 9.33. The van der Waals surface area contributed by atoms with E-state index in [-0.39, 0.29) is 17.6 Å². The van der Waals surface area contributed by atoms with Crippen LogP contribution in [-0.2, 0) is 9.59 Å². The van der Waals surface area contributed by atoms with Gasteiger partial charge in [0, 0.05) is 30.0 Å². The molecule has 0 aromatic heterocycles. The van der Waals surface area contributed by atoms with Crippen LogP contribution in [0.15, 0.2) is 84.1 Å². The van der Waals surface area contributed by atoms with Gasteiger partial charge in [0.05, 0.1) is 31.1 Å². The number of allylic oxidation sites excluding steroid dienone is 1. The quantitative estimate of drug-likeness (QED) is 0.427. The highest BCUT2D eigenvalue weighted by Crippen LogP contribution is 2.48. The Hall–Kier alpha value is -4.06. The molecular formula is C31H32N2O4. The Morgan fingerprint density at radius 3 is 2.43 bits per heavy atom. The zero-order valence-electron chi connectivity index (χ0n) is 21.5. The number of hydrogen-bond acceptors (Lipinski definition) is 5. The van der Waals surface area contributed by atoms with Crippen LogP contribution in [0.3, 0.4) is 0 Å². The molecule has 0 unspecified atom stereocenters. The fourth-order valence-electron chi connectivity index (χ4n) is 5.46. The first-order valence-corrected chi connectivity index (χ1v) is 12.9. The van der Waals surface area contributed by atoms with Crippen molar-refractivity contribution in [1.29, 1.82) is 0 Å². The number of nitrogens with one attached hydrogen (secondary N) is 1. The molecular weight excluding hydrogens is 464 g/mol. The van der Waals surface area contributed by atoms with Crippen LogP contribution < -0.4 is 19.7 Å². The van der Waals surface area contributed by atoms with E-state index >= 15 is 0 Å². The van der Waals surface area contributed by atoms with E-state index in [2.05, 4.69) is 5.32 Å². The van der Waals surface area contributed by atoms with Crippen molar-refractivity contribution in [2.75, 3.05) is 23.9 Å². The van der Waals surface area contributed by atoms with Crippen LogP contribution in [-0.4, -0.2) is 25.4 Å². The third-order valence-corrected chi connectivity index (χ3v) is 7.15. The SMILES string of the molecule is CCOc1ccccc1[C@@H]1CC(=O)C2=C(C1)Nc1ccccc1N(C(=O)CC)[C@@H]2c1ccc(OC)cc1. The van der Waals surface area contributed by atoms with E-state index in [1.807, 2.05) is 86.6 Å². The summed E-state index contributed by atoms with van der Waals surface area (Å²) in [6, 6.07) is 22.8. The van der Waals surface area contributed by atoms with Gasteiger partial charge in [0.15, 0.2) is 5.78 Å². The van der Waals surface area contributed by atoms with Crippen LogP contribution in [0, 0.1) is 0 Å². The summed E-state index contributed by atoms with van der Waals surface area (Å²) in [6.45, 7) is 4.38. The van der Waals surface area contributed by atoms with Crippen molar-refractivity contribution < 1.29 is 19.1 Å². The molecule has 0 bridgehead atoms. The molecule has 0 saturated carbocycles. The van der Waals surface area contributed by atoms with Crippen LogP contribution in [0.2, 0.25) is 0 Å². The van der Waals surface area contributed by atoms with Gasteiger partial charge in [0.1, 0.15) is 11.5 Å². The zero-order chi connectivity index (χ0) is 25.9. The normalized spacial score (nSPS) is 18.9. The van der Waals surface area contributed by atoms with Crippen molar-refractivity contribution in [3.63, 3.8) is 0 Å². The second-order valence-corrected chi connectivity index (χ2v) is 9.33. The Bertz CT molecular complexity index is 1350. The Morgan fingerprint density at radius 1 is 0.973 bits per heavy atom. The summed E-state index contributed by atoms with van der Waals surface area (Å²) in [5.74, 6) is 1.50. The van der Waals surface area contributed by atoms with Crippen LogP contribution in [0.4, 0.5) is 11.4 Å². The molecule has 1 heterocycles. The summed E-state index contributed by atoms with van der Waals surface area (Å²) in [4.78, 5) is 29.3. The first-order valence-electron chi connectivity index (χ1n) is 12.9. The van der Waals surface area contributed by atoms with Crippen molar-refractivity contribution in [2.24, 2.45) is 0 Å². The molecule has 5 rings (SSSR count). The lowest BCUT2D eigenvalue weighted by atomic mass is 9.78. The average Bonchev–Trinajstić information content (AvgIpc) is 3.08. The molecule has 0 radical (unpaired) electrons. The van der Waals surface area contributed by atoms with Gasteiger partial charge in [0.2, 0.25) is 5.91 Å². The summed E-state index contributed by atoms with van der Waals surface area (Å²) in [6.07, 6.45) is 1.31. The summed E-state index contributed by atoms with van der Waals surface area (Å²) < 4.78 is 11.3. The van der Waals surface area contributed by atoms with E-state index < -0.39 is 6.04 Å². The van der Waals surface area contributed by atoms with Crippen molar-refractivity contribution in [3.8, 4) is 11.5 Å². The number of methoxy groups -OCH3 is 1. The smallest absolute Gasteiger partial charge is 0.227 e. The van der Waals surface area contributed by atoms with Crippen LogP contribution >= 0.6 is 0 Å². The predicted molar refractivity (Wildman–Crippen MR) is 145 cm³/mol. The minimum absolute atomic E-state index is 0.0291. The number of amides is 1. The molecule has 1 amide bonds. The lowest BCUT2D eigenvalue weighted by molar-refractivity contribution is -0.119. The van der Waals surface area contributed by atoms with E-state index in [0.29, 0.717) is 31.4 Å². The minimum atomic E-state index is -0.542. The van der Waals surface area contributed by atoms with Crippen LogP contribution in [0.1, 0.15) is 56.2 Å². The number of carbonyl (C=O) groups excluding carboxylic acids is 2. The molecule has 2 aliphatic rings. The number of para-hydroxylation sites is 3. The number of ether oxygens (including phenoxy) is 2. The maximum Gasteiger partial charge on any atom is 0.227 e. The lowest BCUT2D eigenvalue weighted by Gasteiger charge is -2.35. The number of nitrogens with zero attached hydrogens (tertiary/aromatic N) is 1. The number of fused-ring (bicyclic) bond motifs is 1. The minimum Gasteiger partial charge on any atom is -0.497 e. The van der Waals surface area contributed by atoms with E-state index in [0.717, 1.165) is 39.7 Å². The Kier molecular flexibility index (Phi) is 6.99. The van der Waals surface area contributed by atoms with Crippen LogP contribution in [0.5, 0.6) is 11.5 Å². The van der Waals surface area contributed by atoms with E-state index in [9.17, 15) is 9.59 Å². The molecule has 37 heavy (non-hydrogen) atoms. The molecule has 3 aromatic carbocycles. The third-order valence-electron chi connectivity index (χ3n) is 7.15. The Labute approximate surface area is 217 Å². The monoisotopic (exact) mass is 496 g/mol. The standard InChI is InChI=1S/C31H32N2O4/c1-4-29(35)33-26-12-8-7-11-24(26)32-25-18-21(23-10-6-9-13-28(23)37-5-2)19-27(34)30(25)31(33)20-14-16-22(36-3)17-15-20/h6-17,21,31-32H,4-5,18-19H2,1-3H3/t21-,31+/m0/s1. The second kappa shape index (κ2) is 10.5. The van der Waals surface area contributed by atoms with Gasteiger partial charge in [-0.2, -0.15) is 0 Å². The predicted octanol–water partition coefficient (Wildman–Crippen LogP) is 6.40. The Balaban J connectivity index is 1.68. The molecule has 1 aliphatic heterocycles. The zero-order valence-corrected chi connectivity index (χ0v) is 21.5. The number of ketones is 1. The van der Waals surface area contributed by atoms with E-state index in [1.54, 1.807) is 12.0 Å². The number of rotatable bonds is 6. The van der Waals surface area contributed by atoms with Gasteiger partial charge in [-0.05, 0) is 54.8 Å². The summed E-state index contributed by atoms with van der Waals surface area (Å²) >= 11 is 0. The molecule has 2 atom stereocenters. The highest BCUT2D eigenvalue weighted by Gasteiger charge is 2.41. The maximum atomic E-state index is 14.0. The first-order chi connectivity index (χ1) is 18.0. The van der Waals surface area contributed by atoms with Crippen molar-refractivity contribution >= 4 is 23.1 Å². The Morgan fingerprint density at radius 2 is 1.70 bits per heavy atom. The molecule has 1 N–H and O–H groups in total. The fraction of sp³-hybridized carbons (Fsp3) is 0.290. The van der Waals surface area contributed by atoms with Crippen molar-refractivity contribution in [3.05, 3.63) is 95.2 Å². The molecule has 1 aliphatic carbocycles. The van der Waals surface area contributed by atoms with Gasteiger partial charge < -0.3 is 14.8 Å². The molecule has 6 heteroatoms. The van der Waals surface area contributed by atoms with Gasteiger partial charge in [-0.15, -0.1) is 0 Å². The summed E-state index contributed by atoms with van der Waals surface area (Å²) in [7, 11) is 1.62. The van der Waals surface area contributed by atoms with Gasteiger partial charge >= 0.3 is 0 Å². The number of hydrogen-bond donors (Lipinski definition) is 1. The number of benzene rings is 3. The van der Waals surface area contributed by atoms with Crippen LogP contribution in [0.25, 0.3) is 0 Å². The highest BCUT2D eigenvalue weighted by molar-refractivity contribution is 6.06.